The second-order valence-electron chi connectivity index (χ2n) is 7.59. The number of hydrogen-bond donors (Lipinski definition) is 0. The van der Waals surface area contributed by atoms with E-state index >= 15 is 0 Å². The summed E-state index contributed by atoms with van der Waals surface area (Å²) in [6, 6.07) is 10.7. The van der Waals surface area contributed by atoms with Crippen molar-refractivity contribution in [2.75, 3.05) is 33.2 Å². The van der Waals surface area contributed by atoms with Gasteiger partial charge in [-0.05, 0) is 31.0 Å². The maximum Gasteiger partial charge on any atom is 0.0947 e. The minimum absolute atomic E-state index is 0.596. The van der Waals surface area contributed by atoms with Gasteiger partial charge >= 0.3 is 0 Å². The molecule has 3 heterocycles. The summed E-state index contributed by atoms with van der Waals surface area (Å²) in [6.45, 7) is 5.36. The molecule has 1 fully saturated rings. The molecule has 0 unspecified atom stereocenters. The van der Waals surface area contributed by atoms with Crippen LogP contribution in [0.25, 0.3) is 10.9 Å². The average Bonchev–Trinajstić information content (AvgIpc) is 2.96. The Bertz CT molecular complexity index is 866. The molecule has 5 heteroatoms. The molecule has 3 aromatic rings. The number of para-hydroxylation sites is 1. The van der Waals surface area contributed by atoms with Gasteiger partial charge in [0.05, 0.1) is 17.5 Å². The Morgan fingerprint density at radius 1 is 1.04 bits per heavy atom. The number of likely N-dealkylation sites (N-methyl/N-ethyl adjacent to an activating group) is 1. The fraction of sp³-hybridized carbons (Fsp3) is 0.429. The first kappa shape index (κ1) is 17.2. The number of imidazole rings is 1. The zero-order valence-electron chi connectivity index (χ0n) is 15.7. The molecule has 26 heavy (non-hydrogen) atoms. The number of nitrogens with zero attached hydrogens (tertiary/aromatic N) is 5. The summed E-state index contributed by atoms with van der Waals surface area (Å²) < 4.78 is 2.03. The van der Waals surface area contributed by atoms with Crippen LogP contribution in [0.1, 0.15) is 11.3 Å². The number of pyridine rings is 1. The van der Waals surface area contributed by atoms with Gasteiger partial charge in [0.25, 0.3) is 0 Å². The average molecular weight is 349 g/mol. The Hall–Kier alpha value is -2.24. The molecule has 0 aliphatic carbocycles. The highest BCUT2D eigenvalue weighted by Crippen LogP contribution is 2.22. The normalized spacial score (nSPS) is 19.7. The van der Waals surface area contributed by atoms with E-state index in [2.05, 4.69) is 57.3 Å². The van der Waals surface area contributed by atoms with Crippen LogP contribution in [0.15, 0.2) is 49.1 Å². The summed E-state index contributed by atoms with van der Waals surface area (Å²) in [5, 5.41) is 1.23. The minimum atomic E-state index is 0.596. The van der Waals surface area contributed by atoms with Gasteiger partial charge in [0, 0.05) is 57.6 Å². The lowest BCUT2D eigenvalue weighted by molar-refractivity contribution is 0.246. The lowest BCUT2D eigenvalue weighted by atomic mass is 9.96. The van der Waals surface area contributed by atoms with Gasteiger partial charge < -0.3 is 9.47 Å². The van der Waals surface area contributed by atoms with Crippen LogP contribution in [0.4, 0.5) is 0 Å². The monoisotopic (exact) mass is 349 g/mol. The van der Waals surface area contributed by atoms with Gasteiger partial charge in [-0.3, -0.25) is 9.88 Å². The molecule has 136 valence electrons. The number of aromatic nitrogens is 3. The third-order valence-corrected chi connectivity index (χ3v) is 5.25. The maximum absolute atomic E-state index is 4.64. The highest BCUT2D eigenvalue weighted by atomic mass is 15.2. The smallest absolute Gasteiger partial charge is 0.0947 e. The fourth-order valence-corrected chi connectivity index (χ4v) is 4.05. The SMILES string of the molecule is CN1CCN(Cc2cn(C)cn2)C[C@@H](Cc2cccc3cccnc23)C1. The largest absolute Gasteiger partial charge is 0.340 e. The van der Waals surface area contributed by atoms with Crippen molar-refractivity contribution >= 4 is 10.9 Å². The maximum atomic E-state index is 4.64. The summed E-state index contributed by atoms with van der Waals surface area (Å²) in [7, 11) is 4.27. The van der Waals surface area contributed by atoms with Gasteiger partial charge in [0.2, 0.25) is 0 Å². The molecule has 0 spiro atoms. The van der Waals surface area contributed by atoms with E-state index in [-0.39, 0.29) is 0 Å². The van der Waals surface area contributed by atoms with Crippen molar-refractivity contribution in [1.29, 1.82) is 0 Å². The predicted octanol–water partition coefficient (Wildman–Crippen LogP) is 2.57. The van der Waals surface area contributed by atoms with Gasteiger partial charge in [-0.15, -0.1) is 0 Å². The van der Waals surface area contributed by atoms with Crippen LogP contribution in [0.2, 0.25) is 0 Å². The van der Waals surface area contributed by atoms with E-state index in [9.17, 15) is 0 Å². The third-order valence-electron chi connectivity index (χ3n) is 5.25. The van der Waals surface area contributed by atoms with Crippen molar-refractivity contribution < 1.29 is 0 Å². The molecule has 1 aliphatic rings. The van der Waals surface area contributed by atoms with Crippen molar-refractivity contribution in [2.45, 2.75) is 13.0 Å². The first-order valence-corrected chi connectivity index (χ1v) is 9.38. The van der Waals surface area contributed by atoms with Crippen LogP contribution in [0.5, 0.6) is 0 Å². The van der Waals surface area contributed by atoms with E-state index in [0.717, 1.165) is 50.4 Å². The van der Waals surface area contributed by atoms with Crippen LogP contribution < -0.4 is 0 Å². The molecule has 1 aromatic carbocycles. The van der Waals surface area contributed by atoms with Gasteiger partial charge in [-0.2, -0.15) is 0 Å². The van der Waals surface area contributed by atoms with Gasteiger partial charge in [0.1, 0.15) is 0 Å². The first-order chi connectivity index (χ1) is 12.7. The molecule has 1 atom stereocenters. The van der Waals surface area contributed by atoms with Crippen molar-refractivity contribution in [3.63, 3.8) is 0 Å². The molecule has 0 N–H and O–H groups in total. The molecule has 0 amide bonds. The molecular weight excluding hydrogens is 322 g/mol. The Labute approximate surface area is 155 Å². The summed E-state index contributed by atoms with van der Waals surface area (Å²) in [5.74, 6) is 0.596. The van der Waals surface area contributed by atoms with E-state index in [1.54, 1.807) is 0 Å². The Balaban J connectivity index is 1.52. The molecule has 1 saturated heterocycles. The van der Waals surface area contributed by atoms with Crippen molar-refractivity contribution in [2.24, 2.45) is 13.0 Å². The zero-order chi connectivity index (χ0) is 17.9. The molecule has 0 radical (unpaired) electrons. The number of benzene rings is 1. The van der Waals surface area contributed by atoms with E-state index in [4.69, 9.17) is 0 Å². The fourth-order valence-electron chi connectivity index (χ4n) is 4.05. The lowest BCUT2D eigenvalue weighted by Gasteiger charge is -2.23. The summed E-state index contributed by atoms with van der Waals surface area (Å²) in [6.07, 6.45) is 6.98. The Morgan fingerprint density at radius 2 is 1.92 bits per heavy atom. The van der Waals surface area contributed by atoms with Crippen molar-refractivity contribution in [3.8, 4) is 0 Å². The summed E-state index contributed by atoms with van der Waals surface area (Å²) in [5.41, 5.74) is 3.67. The number of hydrogen-bond acceptors (Lipinski definition) is 4. The van der Waals surface area contributed by atoms with Gasteiger partial charge in [0.15, 0.2) is 0 Å². The van der Waals surface area contributed by atoms with Crippen molar-refractivity contribution in [3.05, 3.63) is 60.3 Å². The topological polar surface area (TPSA) is 37.2 Å². The van der Waals surface area contributed by atoms with E-state index < -0.39 is 0 Å². The van der Waals surface area contributed by atoms with Crippen LogP contribution in [0.3, 0.4) is 0 Å². The summed E-state index contributed by atoms with van der Waals surface area (Å²) in [4.78, 5) is 14.2. The van der Waals surface area contributed by atoms with E-state index in [0.29, 0.717) is 5.92 Å². The van der Waals surface area contributed by atoms with E-state index in [1.165, 1.54) is 10.9 Å². The Morgan fingerprint density at radius 3 is 2.77 bits per heavy atom. The minimum Gasteiger partial charge on any atom is -0.340 e. The molecule has 0 bridgehead atoms. The zero-order valence-corrected chi connectivity index (χ0v) is 15.7. The Kier molecular flexibility index (Phi) is 5.00. The van der Waals surface area contributed by atoms with Crippen LogP contribution in [-0.4, -0.2) is 57.6 Å². The van der Waals surface area contributed by atoms with Crippen LogP contribution >= 0.6 is 0 Å². The quantitative estimate of drug-likeness (QED) is 0.725. The first-order valence-electron chi connectivity index (χ1n) is 9.38. The lowest BCUT2D eigenvalue weighted by Crippen LogP contribution is -2.30. The highest BCUT2D eigenvalue weighted by molar-refractivity contribution is 5.81. The number of rotatable bonds is 4. The second kappa shape index (κ2) is 7.56. The van der Waals surface area contributed by atoms with Crippen LogP contribution in [-0.2, 0) is 20.0 Å². The number of aryl methyl sites for hydroxylation is 1. The van der Waals surface area contributed by atoms with Gasteiger partial charge in [-0.25, -0.2) is 4.98 Å². The van der Waals surface area contributed by atoms with Gasteiger partial charge in [-0.1, -0.05) is 24.3 Å². The second-order valence-corrected chi connectivity index (χ2v) is 7.59. The molecule has 2 aromatic heterocycles. The van der Waals surface area contributed by atoms with Crippen molar-refractivity contribution in [1.82, 2.24) is 24.3 Å². The highest BCUT2D eigenvalue weighted by Gasteiger charge is 2.22. The van der Waals surface area contributed by atoms with Crippen LogP contribution in [0, 0.1) is 5.92 Å². The number of fused-ring (bicyclic) bond motifs is 1. The standard InChI is InChI=1S/C21H27N5/c1-24-9-10-26(15-20-14-25(2)16-23-20)13-17(12-24)11-19-6-3-5-18-7-4-8-22-21(18)19/h3-8,14,16-17H,9-13,15H2,1-2H3/t17-/m0/s1. The third kappa shape index (κ3) is 3.94. The summed E-state index contributed by atoms with van der Waals surface area (Å²) >= 11 is 0. The molecule has 1 aliphatic heterocycles. The molecular formula is C21H27N5. The molecule has 4 rings (SSSR count). The molecule has 5 nitrogen and oxygen atoms in total. The molecule has 0 saturated carbocycles. The predicted molar refractivity (Wildman–Crippen MR) is 105 cm³/mol. The van der Waals surface area contributed by atoms with E-state index in [1.807, 2.05) is 30.2 Å².